The topological polar surface area (TPSA) is 17.1 Å². The number of hydrogen-bond donors (Lipinski definition) is 0. The van der Waals surface area contributed by atoms with Crippen LogP contribution in [0.5, 0.6) is 0 Å². The van der Waals surface area contributed by atoms with Crippen LogP contribution in [0.4, 0.5) is 0 Å². The minimum atomic E-state index is -0.192. The molecule has 0 aromatic carbocycles. The number of halogens is 3. The maximum atomic E-state index is 10.5. The fourth-order valence-corrected chi connectivity index (χ4v) is 2.47. The van der Waals surface area contributed by atoms with Crippen LogP contribution in [-0.4, -0.2) is 5.24 Å². The summed E-state index contributed by atoms with van der Waals surface area (Å²) in [5, 5.41) is -0.192. The molecule has 4 heteroatoms. The van der Waals surface area contributed by atoms with Gasteiger partial charge in [-0.1, -0.05) is 70.4 Å². The Bertz CT molecular complexity index is 242. The normalized spacial score (nSPS) is 10.3. The summed E-state index contributed by atoms with van der Waals surface area (Å²) < 4.78 is 0. The lowest BCUT2D eigenvalue weighted by Crippen LogP contribution is -1.86. The highest BCUT2D eigenvalue weighted by molar-refractivity contribution is 6.63. The molecule has 0 bridgehead atoms. The van der Waals surface area contributed by atoms with Gasteiger partial charge in [0.25, 0.3) is 0 Å². The summed E-state index contributed by atoms with van der Waals surface area (Å²) in [7, 11) is 0. The second kappa shape index (κ2) is 23.5. The van der Waals surface area contributed by atoms with E-state index in [1.165, 1.54) is 70.6 Å². The van der Waals surface area contributed by atoms with E-state index in [4.69, 9.17) is 11.6 Å². The van der Waals surface area contributed by atoms with E-state index in [0.29, 0.717) is 6.42 Å². The molecule has 22 heavy (non-hydrogen) atoms. The fraction of sp³-hybridized carbons (Fsp3) is 0.833. The van der Waals surface area contributed by atoms with Crippen LogP contribution in [0.25, 0.3) is 0 Å². The molecule has 0 aliphatic carbocycles. The van der Waals surface area contributed by atoms with Crippen LogP contribution in [0.3, 0.4) is 0 Å². The first kappa shape index (κ1) is 27.1. The molecule has 0 saturated heterocycles. The first-order valence-electron chi connectivity index (χ1n) is 8.60. The monoisotopic (exact) mass is 372 g/mol. The zero-order valence-electron chi connectivity index (χ0n) is 14.2. The lowest BCUT2D eigenvalue weighted by atomic mass is 10.1. The fourth-order valence-electron chi connectivity index (χ4n) is 2.33. The predicted octanol–water partition coefficient (Wildman–Crippen LogP) is 7.63. The van der Waals surface area contributed by atoms with Crippen molar-refractivity contribution in [1.29, 1.82) is 0 Å². The van der Waals surface area contributed by atoms with Gasteiger partial charge >= 0.3 is 0 Å². The molecule has 0 aromatic rings. The number of rotatable bonds is 15. The third-order valence-electron chi connectivity index (χ3n) is 3.64. The molecule has 0 aromatic heterocycles. The number of carbonyl (C=O) groups is 1. The smallest absolute Gasteiger partial charge is 0.221 e. The average molecular weight is 374 g/mol. The van der Waals surface area contributed by atoms with Gasteiger partial charge in [-0.15, -0.1) is 24.8 Å². The van der Waals surface area contributed by atoms with Gasteiger partial charge in [0.15, 0.2) is 0 Å². The SMILES string of the molecule is CCCCCCCC/C=C\CCCCCCCC(=O)Cl.Cl.Cl. The molecule has 0 rings (SSSR count). The first-order chi connectivity index (χ1) is 9.77. The minimum Gasteiger partial charge on any atom is -0.281 e. The Morgan fingerprint density at radius 1 is 0.727 bits per heavy atom. The molecule has 0 aliphatic heterocycles. The van der Waals surface area contributed by atoms with Gasteiger partial charge in [-0.05, 0) is 43.7 Å². The number of hydrogen-bond acceptors (Lipinski definition) is 1. The minimum absolute atomic E-state index is 0. The molecule has 0 aliphatic rings. The number of unbranched alkanes of at least 4 members (excludes halogenated alkanes) is 11. The second-order valence-corrected chi connectivity index (χ2v) is 6.11. The van der Waals surface area contributed by atoms with Crippen molar-refractivity contribution in [1.82, 2.24) is 0 Å². The molecule has 134 valence electrons. The second-order valence-electron chi connectivity index (χ2n) is 5.69. The maximum Gasteiger partial charge on any atom is 0.221 e. The van der Waals surface area contributed by atoms with Crippen molar-refractivity contribution in [2.24, 2.45) is 0 Å². The molecule has 0 N–H and O–H groups in total. The Morgan fingerprint density at radius 2 is 1.14 bits per heavy atom. The van der Waals surface area contributed by atoms with Crippen molar-refractivity contribution >= 4 is 41.7 Å². The van der Waals surface area contributed by atoms with Crippen LogP contribution in [0.15, 0.2) is 12.2 Å². The van der Waals surface area contributed by atoms with E-state index in [2.05, 4.69) is 19.1 Å². The first-order valence-corrected chi connectivity index (χ1v) is 8.98. The van der Waals surface area contributed by atoms with Gasteiger partial charge in [0.05, 0.1) is 0 Å². The van der Waals surface area contributed by atoms with Crippen LogP contribution in [0.2, 0.25) is 0 Å². The largest absolute Gasteiger partial charge is 0.281 e. The number of carbonyl (C=O) groups excluding carboxylic acids is 1. The molecule has 0 fully saturated rings. The molecule has 0 saturated carbocycles. The lowest BCUT2D eigenvalue weighted by molar-refractivity contribution is -0.111. The highest BCUT2D eigenvalue weighted by atomic mass is 35.5. The highest BCUT2D eigenvalue weighted by Gasteiger charge is 1.95. The van der Waals surface area contributed by atoms with Crippen molar-refractivity contribution in [3.05, 3.63) is 12.2 Å². The summed E-state index contributed by atoms with van der Waals surface area (Å²) >= 11 is 5.29. The van der Waals surface area contributed by atoms with Gasteiger partial charge in [-0.3, -0.25) is 4.79 Å². The van der Waals surface area contributed by atoms with E-state index in [1.807, 2.05) is 0 Å². The summed E-state index contributed by atoms with van der Waals surface area (Å²) in [5.74, 6) is 0. The van der Waals surface area contributed by atoms with Crippen LogP contribution in [0, 0.1) is 0 Å². The van der Waals surface area contributed by atoms with Crippen LogP contribution in [0.1, 0.15) is 96.8 Å². The van der Waals surface area contributed by atoms with Crippen molar-refractivity contribution in [3.63, 3.8) is 0 Å². The quantitative estimate of drug-likeness (QED) is 0.164. The predicted molar refractivity (Wildman–Crippen MR) is 105 cm³/mol. The molecule has 0 atom stereocenters. The summed E-state index contributed by atoms with van der Waals surface area (Å²) in [5.41, 5.74) is 0. The Morgan fingerprint density at radius 3 is 1.59 bits per heavy atom. The average Bonchev–Trinajstić information content (AvgIpc) is 2.43. The number of allylic oxidation sites excluding steroid dienone is 2. The van der Waals surface area contributed by atoms with Crippen LogP contribution in [-0.2, 0) is 4.79 Å². The molecule has 0 heterocycles. The molecule has 0 radical (unpaired) electrons. The molecule has 0 unspecified atom stereocenters. The highest BCUT2D eigenvalue weighted by Crippen LogP contribution is 2.10. The molecule has 0 spiro atoms. The third kappa shape index (κ3) is 25.2. The van der Waals surface area contributed by atoms with Gasteiger partial charge in [-0.25, -0.2) is 0 Å². The van der Waals surface area contributed by atoms with E-state index in [0.717, 1.165) is 12.8 Å². The van der Waals surface area contributed by atoms with E-state index in [-0.39, 0.29) is 30.1 Å². The van der Waals surface area contributed by atoms with E-state index in [1.54, 1.807) is 0 Å². The maximum absolute atomic E-state index is 10.5. The Kier molecular flexibility index (Phi) is 29.0. The summed E-state index contributed by atoms with van der Waals surface area (Å²) in [6.07, 6.45) is 21.9. The van der Waals surface area contributed by atoms with Gasteiger partial charge in [0.1, 0.15) is 0 Å². The zero-order chi connectivity index (χ0) is 14.9. The van der Waals surface area contributed by atoms with E-state index >= 15 is 0 Å². The molecular formula is C18H35Cl3O. The van der Waals surface area contributed by atoms with Crippen molar-refractivity contribution < 1.29 is 4.79 Å². The van der Waals surface area contributed by atoms with Crippen molar-refractivity contribution in [2.45, 2.75) is 96.8 Å². The third-order valence-corrected chi connectivity index (χ3v) is 3.82. The van der Waals surface area contributed by atoms with Gasteiger partial charge in [-0.2, -0.15) is 0 Å². The summed E-state index contributed by atoms with van der Waals surface area (Å²) in [4.78, 5) is 10.5. The zero-order valence-corrected chi connectivity index (χ0v) is 16.5. The van der Waals surface area contributed by atoms with Crippen LogP contribution >= 0.6 is 36.4 Å². The standard InChI is InChI=1S/C18H33ClO.2ClH/c1-2-3-4-5-6-7-8-9-10-11-12-13-14-15-16-17-18(19)20;;/h9-10H,2-8,11-17H2,1H3;2*1H/b10-9-;;. The molecular weight excluding hydrogens is 339 g/mol. The van der Waals surface area contributed by atoms with Crippen molar-refractivity contribution in [2.75, 3.05) is 0 Å². The molecule has 0 amide bonds. The Hall–Kier alpha value is 0.280. The Balaban J connectivity index is -0.00000180. The van der Waals surface area contributed by atoms with E-state index in [9.17, 15) is 4.79 Å². The van der Waals surface area contributed by atoms with Crippen molar-refractivity contribution in [3.8, 4) is 0 Å². The van der Waals surface area contributed by atoms with E-state index < -0.39 is 0 Å². The lowest BCUT2D eigenvalue weighted by Gasteiger charge is -1.99. The molecule has 1 nitrogen and oxygen atoms in total. The summed E-state index contributed by atoms with van der Waals surface area (Å²) in [6.45, 7) is 2.26. The van der Waals surface area contributed by atoms with Gasteiger partial charge in [0.2, 0.25) is 5.24 Å². The van der Waals surface area contributed by atoms with Crippen LogP contribution < -0.4 is 0 Å². The Labute approximate surface area is 155 Å². The summed E-state index contributed by atoms with van der Waals surface area (Å²) in [6, 6.07) is 0. The van der Waals surface area contributed by atoms with Gasteiger partial charge < -0.3 is 0 Å². The van der Waals surface area contributed by atoms with Gasteiger partial charge in [0, 0.05) is 6.42 Å².